The second kappa shape index (κ2) is 5.32. The highest BCUT2D eigenvalue weighted by atomic mass is 79.9. The minimum atomic E-state index is -0.303. The summed E-state index contributed by atoms with van der Waals surface area (Å²) in [5, 5.41) is 3.42. The monoisotopic (exact) mass is 295 g/mol. The number of hydrogen-bond donors (Lipinski definition) is 1. The molecule has 0 spiro atoms. The van der Waals surface area contributed by atoms with Gasteiger partial charge in [-0.15, -0.1) is 0 Å². The van der Waals surface area contributed by atoms with Crippen LogP contribution >= 0.6 is 15.9 Å². The number of rotatable bonds is 4. The van der Waals surface area contributed by atoms with E-state index in [0.717, 1.165) is 30.3 Å². The molecule has 0 radical (unpaired) electrons. The molecule has 92 valence electrons. The zero-order valence-corrected chi connectivity index (χ0v) is 11.7. The second-order valence-corrected chi connectivity index (χ2v) is 5.61. The van der Waals surface area contributed by atoms with Crippen molar-refractivity contribution in [3.63, 3.8) is 0 Å². The van der Waals surface area contributed by atoms with Crippen molar-refractivity contribution in [2.24, 2.45) is 0 Å². The first-order valence-corrected chi connectivity index (χ1v) is 6.98. The third-order valence-electron chi connectivity index (χ3n) is 3.52. The topological polar surface area (TPSA) is 29.1 Å². The average molecular weight is 296 g/mol. The van der Waals surface area contributed by atoms with Crippen LogP contribution in [0.3, 0.4) is 0 Å². The van der Waals surface area contributed by atoms with Crippen molar-refractivity contribution in [3.05, 3.63) is 34.3 Å². The molecule has 1 saturated heterocycles. The molecule has 1 aliphatic rings. The van der Waals surface area contributed by atoms with Gasteiger partial charge < -0.3 is 5.32 Å². The fourth-order valence-corrected chi connectivity index (χ4v) is 2.85. The number of carbonyl (C=O) groups excluding carboxylic acids is 1. The number of Topliss-reactive ketones (excluding diaryl/α,β-unsaturated/α-hetero) is 1. The lowest BCUT2D eigenvalue weighted by Gasteiger charge is -2.27. The van der Waals surface area contributed by atoms with Crippen LogP contribution in [0.1, 0.15) is 31.7 Å². The molecular formula is C14H18BrNO. The van der Waals surface area contributed by atoms with Crippen LogP contribution in [-0.2, 0) is 11.2 Å². The molecule has 0 amide bonds. The van der Waals surface area contributed by atoms with Gasteiger partial charge >= 0.3 is 0 Å². The third-order valence-corrected chi connectivity index (χ3v) is 4.05. The van der Waals surface area contributed by atoms with Crippen molar-refractivity contribution >= 4 is 21.7 Å². The van der Waals surface area contributed by atoms with Gasteiger partial charge in [-0.05, 0) is 43.5 Å². The van der Waals surface area contributed by atoms with E-state index < -0.39 is 0 Å². The Hall–Kier alpha value is -0.670. The van der Waals surface area contributed by atoms with Crippen LogP contribution in [0, 0.1) is 0 Å². The van der Waals surface area contributed by atoms with Crippen LogP contribution < -0.4 is 5.32 Å². The lowest BCUT2D eigenvalue weighted by Crippen LogP contribution is -2.49. The highest BCUT2D eigenvalue weighted by molar-refractivity contribution is 9.10. The zero-order valence-electron chi connectivity index (χ0n) is 10.1. The van der Waals surface area contributed by atoms with E-state index in [1.807, 2.05) is 19.1 Å². The third kappa shape index (κ3) is 2.78. The largest absolute Gasteiger partial charge is 0.305 e. The molecule has 1 N–H and O–H groups in total. The van der Waals surface area contributed by atoms with Crippen molar-refractivity contribution in [1.29, 1.82) is 0 Å². The molecule has 1 aromatic carbocycles. The summed E-state index contributed by atoms with van der Waals surface area (Å²) in [5.74, 6) is 0.345. The van der Waals surface area contributed by atoms with E-state index in [2.05, 4.69) is 33.4 Å². The van der Waals surface area contributed by atoms with Gasteiger partial charge in [0, 0.05) is 10.9 Å². The van der Waals surface area contributed by atoms with Gasteiger partial charge in [0.25, 0.3) is 0 Å². The minimum absolute atomic E-state index is 0.303. The fourth-order valence-electron chi connectivity index (χ4n) is 2.58. The maximum atomic E-state index is 12.1. The normalized spacial score (nSPS) is 23.9. The number of hydrogen-bond acceptors (Lipinski definition) is 2. The van der Waals surface area contributed by atoms with Gasteiger partial charge in [-0.25, -0.2) is 0 Å². The molecule has 2 rings (SSSR count). The molecule has 2 nitrogen and oxygen atoms in total. The Labute approximate surface area is 111 Å². The number of carbonyl (C=O) groups is 1. The van der Waals surface area contributed by atoms with E-state index in [-0.39, 0.29) is 5.54 Å². The maximum Gasteiger partial charge on any atom is 0.152 e. The smallest absolute Gasteiger partial charge is 0.152 e. The van der Waals surface area contributed by atoms with Gasteiger partial charge in [-0.1, -0.05) is 35.0 Å². The summed E-state index contributed by atoms with van der Waals surface area (Å²) in [6, 6.07) is 8.26. The van der Waals surface area contributed by atoms with Gasteiger partial charge in [-0.2, -0.15) is 0 Å². The molecule has 0 bridgehead atoms. The first-order valence-electron chi connectivity index (χ1n) is 6.19. The molecule has 1 aliphatic heterocycles. The summed E-state index contributed by atoms with van der Waals surface area (Å²) >= 11 is 3.43. The Bertz CT molecular complexity index is 393. The maximum absolute atomic E-state index is 12.1. The molecule has 17 heavy (non-hydrogen) atoms. The summed E-state index contributed by atoms with van der Waals surface area (Å²) in [6.07, 6.45) is 3.49. The predicted octanol–water partition coefficient (Wildman–Crippen LogP) is 3.09. The number of nitrogens with one attached hydrogen (secondary N) is 1. The number of benzene rings is 1. The van der Waals surface area contributed by atoms with Crippen LogP contribution in [0.5, 0.6) is 0 Å². The number of halogens is 1. The molecular weight excluding hydrogens is 278 g/mol. The van der Waals surface area contributed by atoms with E-state index in [9.17, 15) is 4.79 Å². The summed E-state index contributed by atoms with van der Waals surface area (Å²) in [6.45, 7) is 2.91. The Morgan fingerprint density at radius 1 is 1.41 bits per heavy atom. The predicted molar refractivity (Wildman–Crippen MR) is 73.1 cm³/mol. The van der Waals surface area contributed by atoms with Crippen molar-refractivity contribution in [3.8, 4) is 0 Å². The van der Waals surface area contributed by atoms with Crippen LogP contribution in [0.25, 0.3) is 0 Å². The van der Waals surface area contributed by atoms with Gasteiger partial charge in [0.1, 0.15) is 0 Å². The zero-order chi connectivity index (χ0) is 12.3. The van der Waals surface area contributed by atoms with Crippen molar-refractivity contribution in [1.82, 2.24) is 5.32 Å². The quantitative estimate of drug-likeness (QED) is 0.925. The van der Waals surface area contributed by atoms with Crippen LogP contribution in [0.4, 0.5) is 0 Å². The van der Waals surface area contributed by atoms with Crippen molar-refractivity contribution < 1.29 is 4.79 Å². The molecule has 1 atom stereocenters. The Morgan fingerprint density at radius 3 is 2.65 bits per heavy atom. The number of ketones is 1. The Balaban J connectivity index is 2.18. The summed E-state index contributed by atoms with van der Waals surface area (Å²) < 4.78 is 1.08. The highest BCUT2D eigenvalue weighted by Crippen LogP contribution is 2.27. The minimum Gasteiger partial charge on any atom is -0.305 e. The molecule has 1 heterocycles. The van der Waals surface area contributed by atoms with Crippen LogP contribution in [0.15, 0.2) is 28.7 Å². The molecule has 0 aliphatic carbocycles. The van der Waals surface area contributed by atoms with E-state index in [1.165, 1.54) is 5.56 Å². The molecule has 1 unspecified atom stereocenters. The van der Waals surface area contributed by atoms with Gasteiger partial charge in [0.2, 0.25) is 0 Å². The van der Waals surface area contributed by atoms with Gasteiger partial charge in [0.05, 0.1) is 5.54 Å². The molecule has 1 fully saturated rings. The first-order chi connectivity index (χ1) is 8.16. The van der Waals surface area contributed by atoms with Crippen molar-refractivity contribution in [2.75, 3.05) is 6.54 Å². The molecule has 0 aromatic heterocycles. The molecule has 3 heteroatoms. The standard InChI is InChI=1S/C14H18BrNO/c1-2-13(17)14(8-3-9-16-14)10-11-4-6-12(15)7-5-11/h4-7,16H,2-3,8-10H2,1H3. The summed E-state index contributed by atoms with van der Waals surface area (Å²) in [4.78, 5) is 12.1. The van der Waals surface area contributed by atoms with Crippen molar-refractivity contribution in [2.45, 2.75) is 38.1 Å². The van der Waals surface area contributed by atoms with Crippen LogP contribution in [-0.4, -0.2) is 17.9 Å². The van der Waals surface area contributed by atoms with E-state index in [0.29, 0.717) is 12.2 Å². The Kier molecular flexibility index (Phi) is 4.00. The lowest BCUT2D eigenvalue weighted by molar-refractivity contribution is -0.124. The summed E-state index contributed by atoms with van der Waals surface area (Å²) in [7, 11) is 0. The van der Waals surface area contributed by atoms with Crippen LogP contribution in [0.2, 0.25) is 0 Å². The first kappa shape index (κ1) is 12.8. The van der Waals surface area contributed by atoms with Gasteiger partial charge in [0.15, 0.2) is 5.78 Å². The second-order valence-electron chi connectivity index (χ2n) is 4.69. The van der Waals surface area contributed by atoms with E-state index in [4.69, 9.17) is 0 Å². The van der Waals surface area contributed by atoms with Gasteiger partial charge in [-0.3, -0.25) is 4.79 Å². The average Bonchev–Trinajstić information content (AvgIpc) is 2.81. The Morgan fingerprint density at radius 2 is 2.12 bits per heavy atom. The van der Waals surface area contributed by atoms with E-state index >= 15 is 0 Å². The molecule has 1 aromatic rings. The lowest BCUT2D eigenvalue weighted by atomic mass is 9.84. The highest BCUT2D eigenvalue weighted by Gasteiger charge is 2.39. The molecule has 0 saturated carbocycles. The SMILES string of the molecule is CCC(=O)C1(Cc2ccc(Br)cc2)CCCN1. The van der Waals surface area contributed by atoms with E-state index in [1.54, 1.807) is 0 Å². The fraction of sp³-hybridized carbons (Fsp3) is 0.500. The summed E-state index contributed by atoms with van der Waals surface area (Å²) in [5.41, 5.74) is 0.923.